The van der Waals surface area contributed by atoms with Crippen molar-refractivity contribution in [3.8, 4) is 0 Å². The lowest BCUT2D eigenvalue weighted by atomic mass is 10.2. The molecule has 0 amide bonds. The minimum atomic E-state index is -4.62. The standard InChI is InChI=1S/C14H15F3N4O2S/c1-10-7-12(14(15,16)17)21-13(20-10)9-19-24(22,23)18-8-11-5-3-2-4-6-11/h2-7,18-19H,8-9H2,1H3. The molecule has 0 aliphatic rings. The Hall–Kier alpha value is -2.04. The third-order valence-electron chi connectivity index (χ3n) is 2.92. The van der Waals surface area contributed by atoms with Gasteiger partial charge in [0.15, 0.2) is 0 Å². The number of aromatic nitrogens is 2. The summed E-state index contributed by atoms with van der Waals surface area (Å²) < 4.78 is 66.2. The predicted octanol–water partition coefficient (Wildman–Crippen LogP) is 1.93. The van der Waals surface area contributed by atoms with Crippen molar-refractivity contribution in [2.75, 3.05) is 0 Å². The first-order valence-corrected chi connectivity index (χ1v) is 8.34. The van der Waals surface area contributed by atoms with Gasteiger partial charge in [0.25, 0.3) is 10.2 Å². The lowest BCUT2D eigenvalue weighted by molar-refractivity contribution is -0.141. The van der Waals surface area contributed by atoms with E-state index in [1.54, 1.807) is 30.3 Å². The third kappa shape index (κ3) is 5.55. The second-order valence-corrected chi connectivity index (χ2v) is 6.52. The van der Waals surface area contributed by atoms with Crippen LogP contribution in [0.15, 0.2) is 36.4 Å². The molecule has 2 rings (SSSR count). The normalized spacial score (nSPS) is 12.3. The van der Waals surface area contributed by atoms with Crippen LogP contribution in [0, 0.1) is 6.92 Å². The molecule has 0 aliphatic carbocycles. The Morgan fingerprint density at radius 1 is 1.04 bits per heavy atom. The molecule has 2 N–H and O–H groups in total. The fourth-order valence-electron chi connectivity index (χ4n) is 1.84. The number of nitrogens with one attached hydrogen (secondary N) is 2. The second-order valence-electron chi connectivity index (χ2n) is 4.94. The summed E-state index contributed by atoms with van der Waals surface area (Å²) in [4.78, 5) is 7.14. The minimum absolute atomic E-state index is 0.0542. The summed E-state index contributed by atoms with van der Waals surface area (Å²) >= 11 is 0. The molecule has 0 aliphatic heterocycles. The quantitative estimate of drug-likeness (QED) is 0.824. The molecule has 24 heavy (non-hydrogen) atoms. The maximum Gasteiger partial charge on any atom is 0.433 e. The molecule has 1 heterocycles. The first kappa shape index (κ1) is 18.3. The molecular formula is C14H15F3N4O2S. The topological polar surface area (TPSA) is 84.0 Å². The molecule has 1 aromatic heterocycles. The van der Waals surface area contributed by atoms with Crippen LogP contribution in [0.2, 0.25) is 0 Å². The highest BCUT2D eigenvalue weighted by molar-refractivity contribution is 7.87. The van der Waals surface area contributed by atoms with Crippen LogP contribution in [0.5, 0.6) is 0 Å². The molecule has 10 heteroatoms. The van der Waals surface area contributed by atoms with Gasteiger partial charge in [-0.25, -0.2) is 9.97 Å². The molecule has 2 aromatic rings. The molecule has 6 nitrogen and oxygen atoms in total. The molecule has 0 saturated carbocycles. The van der Waals surface area contributed by atoms with Crippen molar-refractivity contribution >= 4 is 10.2 Å². The SMILES string of the molecule is Cc1cc(C(F)(F)F)nc(CNS(=O)(=O)NCc2ccccc2)n1. The van der Waals surface area contributed by atoms with Gasteiger partial charge in [-0.1, -0.05) is 30.3 Å². The van der Waals surface area contributed by atoms with Crippen LogP contribution in [-0.4, -0.2) is 18.4 Å². The van der Waals surface area contributed by atoms with E-state index in [0.717, 1.165) is 11.6 Å². The van der Waals surface area contributed by atoms with Gasteiger partial charge in [-0.15, -0.1) is 0 Å². The van der Waals surface area contributed by atoms with E-state index in [0.29, 0.717) is 0 Å². The van der Waals surface area contributed by atoms with Gasteiger partial charge in [-0.2, -0.15) is 31.0 Å². The van der Waals surface area contributed by atoms with E-state index in [9.17, 15) is 21.6 Å². The van der Waals surface area contributed by atoms with Crippen molar-refractivity contribution in [1.29, 1.82) is 0 Å². The largest absolute Gasteiger partial charge is 0.433 e. The zero-order valence-corrected chi connectivity index (χ0v) is 13.4. The number of nitrogens with zero attached hydrogens (tertiary/aromatic N) is 2. The summed E-state index contributed by atoms with van der Waals surface area (Å²) in [7, 11) is -3.90. The Labute approximate surface area is 137 Å². The van der Waals surface area contributed by atoms with Crippen molar-refractivity contribution in [2.45, 2.75) is 26.2 Å². The fourth-order valence-corrected chi connectivity index (χ4v) is 2.62. The smallest absolute Gasteiger partial charge is 0.237 e. The number of rotatable bonds is 6. The number of hydrogen-bond donors (Lipinski definition) is 2. The molecule has 0 atom stereocenters. The first-order valence-electron chi connectivity index (χ1n) is 6.86. The summed E-state index contributed by atoms with van der Waals surface area (Å²) in [5.74, 6) is -0.257. The zero-order chi connectivity index (χ0) is 17.8. The van der Waals surface area contributed by atoms with Gasteiger partial charge in [0.2, 0.25) is 0 Å². The lowest BCUT2D eigenvalue weighted by Gasteiger charge is -2.10. The van der Waals surface area contributed by atoms with Gasteiger partial charge in [0.1, 0.15) is 11.5 Å². The van der Waals surface area contributed by atoms with Crippen LogP contribution in [0.25, 0.3) is 0 Å². The van der Waals surface area contributed by atoms with Crippen molar-refractivity contribution < 1.29 is 21.6 Å². The van der Waals surface area contributed by atoms with Crippen LogP contribution < -0.4 is 9.44 Å². The van der Waals surface area contributed by atoms with E-state index in [2.05, 4.69) is 19.4 Å². The van der Waals surface area contributed by atoms with Crippen LogP contribution in [0.4, 0.5) is 13.2 Å². The Bertz CT molecular complexity index is 795. The van der Waals surface area contributed by atoms with Crippen molar-refractivity contribution in [2.24, 2.45) is 0 Å². The molecule has 0 unspecified atom stereocenters. The molecular weight excluding hydrogens is 345 g/mol. The highest BCUT2D eigenvalue weighted by atomic mass is 32.2. The van der Waals surface area contributed by atoms with Crippen molar-refractivity contribution in [3.63, 3.8) is 0 Å². The number of halogens is 3. The maximum absolute atomic E-state index is 12.7. The van der Waals surface area contributed by atoms with Crippen LogP contribution in [0.1, 0.15) is 22.8 Å². The van der Waals surface area contributed by atoms with Gasteiger partial charge in [0.05, 0.1) is 6.54 Å². The molecule has 0 fully saturated rings. The van der Waals surface area contributed by atoms with Gasteiger partial charge < -0.3 is 0 Å². The number of alkyl halides is 3. The van der Waals surface area contributed by atoms with Crippen LogP contribution >= 0.6 is 0 Å². The summed E-state index contributed by atoms with van der Waals surface area (Å²) in [5, 5.41) is 0. The monoisotopic (exact) mass is 360 g/mol. The van der Waals surface area contributed by atoms with E-state index >= 15 is 0 Å². The Balaban J connectivity index is 2.00. The van der Waals surface area contributed by atoms with Crippen LogP contribution in [-0.2, 0) is 29.5 Å². The highest BCUT2D eigenvalue weighted by Gasteiger charge is 2.33. The minimum Gasteiger partial charge on any atom is -0.237 e. The summed E-state index contributed by atoms with van der Waals surface area (Å²) in [6, 6.07) is 9.59. The fraction of sp³-hybridized carbons (Fsp3) is 0.286. The average Bonchev–Trinajstić information content (AvgIpc) is 2.51. The van der Waals surface area contributed by atoms with Gasteiger partial charge >= 0.3 is 6.18 Å². The number of hydrogen-bond acceptors (Lipinski definition) is 4. The number of benzene rings is 1. The molecule has 0 bridgehead atoms. The van der Waals surface area contributed by atoms with Crippen molar-refractivity contribution in [1.82, 2.24) is 19.4 Å². The Morgan fingerprint density at radius 2 is 1.67 bits per heavy atom. The molecule has 1 aromatic carbocycles. The van der Waals surface area contributed by atoms with Crippen molar-refractivity contribution in [3.05, 3.63) is 59.2 Å². The van der Waals surface area contributed by atoms with Gasteiger partial charge in [-0.05, 0) is 18.6 Å². The molecule has 130 valence electrons. The summed E-state index contributed by atoms with van der Waals surface area (Å²) in [6.45, 7) is 0.982. The second kappa shape index (κ2) is 7.24. The molecule has 0 radical (unpaired) electrons. The van der Waals surface area contributed by atoms with E-state index in [-0.39, 0.29) is 18.1 Å². The van der Waals surface area contributed by atoms with Crippen LogP contribution in [0.3, 0.4) is 0 Å². The van der Waals surface area contributed by atoms with Gasteiger partial charge in [0, 0.05) is 12.2 Å². The number of aryl methyl sites for hydroxylation is 1. The van der Waals surface area contributed by atoms with E-state index < -0.39 is 28.6 Å². The summed E-state index contributed by atoms with van der Waals surface area (Å²) in [5.41, 5.74) is -0.265. The van der Waals surface area contributed by atoms with E-state index in [1.165, 1.54) is 6.92 Å². The third-order valence-corrected chi connectivity index (χ3v) is 3.97. The Kier molecular flexibility index (Phi) is 5.52. The maximum atomic E-state index is 12.7. The van der Waals surface area contributed by atoms with E-state index in [1.807, 2.05) is 0 Å². The zero-order valence-electron chi connectivity index (χ0n) is 12.6. The lowest BCUT2D eigenvalue weighted by Crippen LogP contribution is -2.36. The molecule has 0 spiro atoms. The first-order chi connectivity index (χ1) is 11.2. The predicted molar refractivity (Wildman–Crippen MR) is 80.8 cm³/mol. The Morgan fingerprint density at radius 3 is 2.29 bits per heavy atom. The average molecular weight is 360 g/mol. The molecule has 0 saturated heterocycles. The highest BCUT2D eigenvalue weighted by Crippen LogP contribution is 2.27. The van der Waals surface area contributed by atoms with E-state index in [4.69, 9.17) is 0 Å². The van der Waals surface area contributed by atoms with Gasteiger partial charge in [-0.3, -0.25) is 0 Å². The summed E-state index contributed by atoms with van der Waals surface area (Å²) in [6.07, 6.45) is -4.62.